The van der Waals surface area contributed by atoms with E-state index in [0.717, 1.165) is 31.3 Å². The van der Waals surface area contributed by atoms with Crippen LogP contribution in [0.2, 0.25) is 0 Å². The van der Waals surface area contributed by atoms with E-state index in [9.17, 15) is 0 Å². The van der Waals surface area contributed by atoms with Crippen LogP contribution in [0.1, 0.15) is 74.6 Å². The fourth-order valence-electron chi connectivity index (χ4n) is 6.64. The first-order valence-electron chi connectivity index (χ1n) is 14.0. The van der Waals surface area contributed by atoms with Gasteiger partial charge in [-0.15, -0.1) is 0 Å². The summed E-state index contributed by atoms with van der Waals surface area (Å²) in [5.41, 5.74) is 17.3. The zero-order valence-corrected chi connectivity index (χ0v) is 23.5. The summed E-state index contributed by atoms with van der Waals surface area (Å²) in [6, 6.07) is 17.8. The number of benzene rings is 2. The van der Waals surface area contributed by atoms with E-state index in [1.54, 1.807) is 0 Å². The number of aryl methyl sites for hydroxylation is 1. The summed E-state index contributed by atoms with van der Waals surface area (Å²) in [6.07, 6.45) is 13.5. The van der Waals surface area contributed by atoms with Crippen molar-refractivity contribution in [1.29, 1.82) is 0 Å². The number of hydrogen-bond donors (Lipinski definition) is 0. The molecule has 0 aromatic heterocycles. The van der Waals surface area contributed by atoms with E-state index in [0.29, 0.717) is 5.92 Å². The van der Waals surface area contributed by atoms with Crippen LogP contribution in [0.4, 0.5) is 0 Å². The topological polar surface area (TPSA) is 0 Å². The minimum absolute atomic E-state index is 0.285. The standard InChI is InChI=1S/C38H40/c1-8-12-26(5)36-27(6)19-34-22-33(28(7)37(34)38(36)30-13-10-9-11-14-30)21-29-16-18-31(20-29)32-17-15-25(4)35(23-32)24(2)3/h9-11,13-19,21,23,37-38H,2,5,7-8,12,20,22H2,1,3-4,6H3/b33-21+. The molecule has 1 fully saturated rings. The average Bonchev–Trinajstić information content (AvgIpc) is 3.48. The van der Waals surface area contributed by atoms with Gasteiger partial charge in [-0.05, 0) is 102 Å². The van der Waals surface area contributed by atoms with E-state index < -0.39 is 0 Å². The molecule has 2 aromatic carbocycles. The van der Waals surface area contributed by atoms with E-state index in [2.05, 4.69) is 114 Å². The molecule has 2 aromatic rings. The smallest absolute Gasteiger partial charge is 0.0201 e. The van der Waals surface area contributed by atoms with Gasteiger partial charge >= 0.3 is 0 Å². The summed E-state index contributed by atoms with van der Waals surface area (Å²) < 4.78 is 0. The first-order valence-corrected chi connectivity index (χ1v) is 14.0. The summed E-state index contributed by atoms with van der Waals surface area (Å²) in [5, 5.41) is 0. The van der Waals surface area contributed by atoms with Gasteiger partial charge < -0.3 is 0 Å². The molecular weight excluding hydrogens is 456 g/mol. The molecule has 0 nitrogen and oxygen atoms in total. The van der Waals surface area contributed by atoms with Gasteiger partial charge in [-0.25, -0.2) is 0 Å². The molecule has 3 aliphatic rings. The first-order chi connectivity index (χ1) is 18.3. The maximum absolute atomic E-state index is 4.71. The highest BCUT2D eigenvalue weighted by atomic mass is 14.4. The quantitative estimate of drug-likeness (QED) is 0.357. The van der Waals surface area contributed by atoms with Crippen LogP contribution in [0.15, 0.2) is 132 Å². The second-order valence-electron chi connectivity index (χ2n) is 11.3. The van der Waals surface area contributed by atoms with Crippen molar-refractivity contribution >= 4 is 11.1 Å². The van der Waals surface area contributed by atoms with Gasteiger partial charge in [0.1, 0.15) is 0 Å². The molecule has 192 valence electrons. The number of fused-ring (bicyclic) bond motifs is 1. The minimum Gasteiger partial charge on any atom is -0.0955 e. The van der Waals surface area contributed by atoms with Gasteiger partial charge in [0.15, 0.2) is 0 Å². The largest absolute Gasteiger partial charge is 0.0955 e. The van der Waals surface area contributed by atoms with Crippen LogP contribution in [-0.2, 0) is 0 Å². The molecule has 0 heterocycles. The molecule has 2 unspecified atom stereocenters. The Morgan fingerprint density at radius 2 is 1.74 bits per heavy atom. The van der Waals surface area contributed by atoms with E-state index in [1.165, 1.54) is 66.8 Å². The molecule has 38 heavy (non-hydrogen) atoms. The third-order valence-electron chi connectivity index (χ3n) is 8.47. The molecule has 0 heteroatoms. The second-order valence-corrected chi connectivity index (χ2v) is 11.3. The predicted molar refractivity (Wildman–Crippen MR) is 166 cm³/mol. The summed E-state index contributed by atoms with van der Waals surface area (Å²) in [5.74, 6) is 0.591. The first kappa shape index (κ1) is 26.0. The fourth-order valence-corrected chi connectivity index (χ4v) is 6.64. The summed E-state index contributed by atoms with van der Waals surface area (Å²) in [7, 11) is 0. The van der Waals surface area contributed by atoms with Crippen LogP contribution in [0.5, 0.6) is 0 Å². The zero-order chi connectivity index (χ0) is 27.0. The molecule has 0 N–H and O–H groups in total. The highest BCUT2D eigenvalue weighted by Crippen LogP contribution is 2.55. The van der Waals surface area contributed by atoms with E-state index in [1.807, 2.05) is 0 Å². The Morgan fingerprint density at radius 3 is 2.45 bits per heavy atom. The molecule has 0 aliphatic heterocycles. The Balaban J connectivity index is 1.42. The minimum atomic E-state index is 0.285. The Hall–Kier alpha value is -3.64. The Labute approximate surface area is 229 Å². The van der Waals surface area contributed by atoms with Crippen LogP contribution in [0, 0.1) is 12.8 Å². The molecule has 0 spiro atoms. The van der Waals surface area contributed by atoms with Gasteiger partial charge in [0.05, 0.1) is 0 Å². The van der Waals surface area contributed by atoms with Crippen LogP contribution >= 0.6 is 0 Å². The van der Waals surface area contributed by atoms with E-state index in [-0.39, 0.29) is 5.92 Å². The summed E-state index contributed by atoms with van der Waals surface area (Å²) in [6.45, 7) is 22.2. The second kappa shape index (κ2) is 10.6. The van der Waals surface area contributed by atoms with Gasteiger partial charge in [0, 0.05) is 11.8 Å². The van der Waals surface area contributed by atoms with Gasteiger partial charge in [-0.1, -0.05) is 117 Å². The third-order valence-corrected chi connectivity index (χ3v) is 8.47. The van der Waals surface area contributed by atoms with Crippen LogP contribution in [0.25, 0.3) is 11.1 Å². The summed E-state index contributed by atoms with van der Waals surface area (Å²) >= 11 is 0. The van der Waals surface area contributed by atoms with Crippen molar-refractivity contribution in [2.45, 2.75) is 59.3 Å². The number of allylic oxidation sites excluding steroid dienone is 13. The van der Waals surface area contributed by atoms with Gasteiger partial charge in [-0.3, -0.25) is 0 Å². The van der Waals surface area contributed by atoms with Crippen LogP contribution < -0.4 is 0 Å². The lowest BCUT2D eigenvalue weighted by Gasteiger charge is -2.34. The van der Waals surface area contributed by atoms with Crippen molar-refractivity contribution in [3.8, 4) is 0 Å². The fraction of sp³-hybridized carbons (Fsp3) is 0.263. The highest BCUT2D eigenvalue weighted by Gasteiger charge is 2.40. The maximum Gasteiger partial charge on any atom is 0.0201 e. The lowest BCUT2D eigenvalue weighted by Crippen LogP contribution is -2.21. The Bertz CT molecular complexity index is 1480. The van der Waals surface area contributed by atoms with Gasteiger partial charge in [0.2, 0.25) is 0 Å². The van der Waals surface area contributed by atoms with E-state index >= 15 is 0 Å². The van der Waals surface area contributed by atoms with Crippen molar-refractivity contribution in [3.63, 3.8) is 0 Å². The van der Waals surface area contributed by atoms with Crippen LogP contribution in [-0.4, -0.2) is 0 Å². The molecule has 3 aliphatic carbocycles. The highest BCUT2D eigenvalue weighted by molar-refractivity contribution is 5.77. The molecule has 0 radical (unpaired) electrons. The Kier molecular flexibility index (Phi) is 7.26. The molecule has 1 saturated carbocycles. The van der Waals surface area contributed by atoms with Crippen molar-refractivity contribution in [1.82, 2.24) is 0 Å². The zero-order valence-electron chi connectivity index (χ0n) is 23.5. The molecule has 2 atom stereocenters. The van der Waals surface area contributed by atoms with Crippen molar-refractivity contribution < 1.29 is 0 Å². The molecule has 0 bridgehead atoms. The van der Waals surface area contributed by atoms with Crippen molar-refractivity contribution in [3.05, 3.63) is 154 Å². The van der Waals surface area contributed by atoms with Crippen LogP contribution in [0.3, 0.4) is 0 Å². The molecule has 0 saturated heterocycles. The average molecular weight is 497 g/mol. The molecule has 0 amide bonds. The normalized spacial score (nSPS) is 21.8. The maximum atomic E-state index is 4.71. The SMILES string of the molecule is C=C(CCC)C1=C(C)C=C2C/C(=C\C3=CC=C(c4ccc(C)c(C(=C)C)c4)C3)C(=C)C2C1c1ccccc1. The summed E-state index contributed by atoms with van der Waals surface area (Å²) in [4.78, 5) is 0. The predicted octanol–water partition coefficient (Wildman–Crippen LogP) is 10.6. The monoisotopic (exact) mass is 496 g/mol. The van der Waals surface area contributed by atoms with Gasteiger partial charge in [0.25, 0.3) is 0 Å². The van der Waals surface area contributed by atoms with E-state index in [4.69, 9.17) is 6.58 Å². The molecule has 5 rings (SSSR count). The number of rotatable bonds is 7. The van der Waals surface area contributed by atoms with Crippen molar-refractivity contribution in [2.75, 3.05) is 0 Å². The lowest BCUT2D eigenvalue weighted by molar-refractivity contribution is 0.619. The molecular formula is C38H40. The third kappa shape index (κ3) is 4.81. The Morgan fingerprint density at radius 1 is 0.974 bits per heavy atom. The number of hydrogen-bond acceptors (Lipinski definition) is 0. The van der Waals surface area contributed by atoms with Crippen molar-refractivity contribution in [2.24, 2.45) is 5.92 Å². The lowest BCUT2D eigenvalue weighted by atomic mass is 9.69. The van der Waals surface area contributed by atoms with Gasteiger partial charge in [-0.2, -0.15) is 0 Å².